The third-order valence-electron chi connectivity index (χ3n) is 5.76. The molecule has 4 aromatic rings. The molecular weight excluding hydrogens is 528 g/mol. The minimum atomic E-state index is -0.121. The van der Waals surface area contributed by atoms with Gasteiger partial charge in [0.1, 0.15) is 5.52 Å². The van der Waals surface area contributed by atoms with E-state index in [1.807, 2.05) is 77.7 Å². The molecule has 5 rings (SSSR count). The number of carbonyl (C=O) groups is 2. The zero-order chi connectivity index (χ0) is 24.2. The highest BCUT2D eigenvalue weighted by atomic mass is 79.9. The number of benzene rings is 3. The first kappa shape index (κ1) is 23.4. The number of aromatic nitrogens is 1. The summed E-state index contributed by atoms with van der Waals surface area (Å²) < 4.78 is 6.55. The number of hydrogen-bond acceptors (Lipinski definition) is 6. The van der Waals surface area contributed by atoms with Crippen LogP contribution in [0.3, 0.4) is 0 Å². The number of fused-ring (bicyclic) bond motifs is 1. The Morgan fingerprint density at radius 1 is 0.971 bits per heavy atom. The van der Waals surface area contributed by atoms with Gasteiger partial charge in [-0.25, -0.2) is 4.98 Å². The summed E-state index contributed by atoms with van der Waals surface area (Å²) in [7, 11) is 0. The summed E-state index contributed by atoms with van der Waals surface area (Å²) in [5.74, 6) is 0.145. The summed E-state index contributed by atoms with van der Waals surface area (Å²) in [5.41, 5.74) is 4.00. The zero-order valence-corrected chi connectivity index (χ0v) is 21.2. The maximum Gasteiger partial charge on any atom is 0.257 e. The lowest BCUT2D eigenvalue weighted by Crippen LogP contribution is -2.48. The number of piperazine rings is 1. The van der Waals surface area contributed by atoms with Crippen LogP contribution in [-0.4, -0.2) is 53.6 Å². The van der Waals surface area contributed by atoms with Crippen LogP contribution in [-0.2, 0) is 4.79 Å². The van der Waals surface area contributed by atoms with Gasteiger partial charge in [0.05, 0.1) is 5.75 Å². The Bertz CT molecular complexity index is 1320. The number of para-hydroxylation sites is 2. The van der Waals surface area contributed by atoms with Gasteiger partial charge in [-0.2, -0.15) is 0 Å². The van der Waals surface area contributed by atoms with Crippen molar-refractivity contribution in [3.63, 3.8) is 0 Å². The number of amides is 2. The number of nitrogens with one attached hydrogen (secondary N) is 1. The molecule has 1 aliphatic rings. The van der Waals surface area contributed by atoms with Gasteiger partial charge in [0.2, 0.25) is 5.91 Å². The van der Waals surface area contributed by atoms with Crippen LogP contribution in [0.1, 0.15) is 10.4 Å². The van der Waals surface area contributed by atoms with E-state index in [0.717, 1.165) is 34.5 Å². The van der Waals surface area contributed by atoms with Crippen molar-refractivity contribution in [3.05, 3.63) is 82.8 Å². The van der Waals surface area contributed by atoms with Crippen molar-refractivity contribution >= 4 is 62.0 Å². The van der Waals surface area contributed by atoms with Crippen LogP contribution in [0, 0.1) is 0 Å². The summed E-state index contributed by atoms with van der Waals surface area (Å²) in [6, 6.07) is 22.8. The molecule has 0 aliphatic carbocycles. The van der Waals surface area contributed by atoms with Crippen LogP contribution < -0.4 is 10.2 Å². The van der Waals surface area contributed by atoms with Crippen molar-refractivity contribution in [1.82, 2.24) is 9.88 Å². The van der Waals surface area contributed by atoms with E-state index in [9.17, 15) is 9.59 Å². The average molecular weight is 551 g/mol. The molecular formula is C26H23BrN4O3S. The Balaban J connectivity index is 1.11. The van der Waals surface area contributed by atoms with Gasteiger partial charge in [-0.3, -0.25) is 9.59 Å². The Kier molecular flexibility index (Phi) is 7.06. The molecule has 0 saturated carbocycles. The number of hydrogen-bond donors (Lipinski definition) is 1. The van der Waals surface area contributed by atoms with Crippen LogP contribution in [0.15, 0.2) is 86.9 Å². The second kappa shape index (κ2) is 10.5. The minimum absolute atomic E-state index is 0.0553. The molecule has 1 N–H and O–H groups in total. The molecule has 2 amide bonds. The topological polar surface area (TPSA) is 78.7 Å². The third-order valence-corrected chi connectivity index (χ3v) is 7.08. The third kappa shape index (κ3) is 5.68. The van der Waals surface area contributed by atoms with Gasteiger partial charge in [0.25, 0.3) is 11.1 Å². The monoisotopic (exact) mass is 550 g/mol. The highest BCUT2D eigenvalue weighted by molar-refractivity contribution is 9.10. The van der Waals surface area contributed by atoms with E-state index in [-0.39, 0.29) is 17.6 Å². The van der Waals surface area contributed by atoms with E-state index in [2.05, 4.69) is 31.1 Å². The van der Waals surface area contributed by atoms with Crippen molar-refractivity contribution < 1.29 is 14.0 Å². The van der Waals surface area contributed by atoms with E-state index in [1.54, 1.807) is 0 Å². The lowest BCUT2D eigenvalue weighted by molar-refractivity contribution is -0.113. The quantitative estimate of drug-likeness (QED) is 0.329. The Morgan fingerprint density at radius 2 is 1.74 bits per heavy atom. The number of thioether (sulfide) groups is 1. The maximum absolute atomic E-state index is 12.8. The highest BCUT2D eigenvalue weighted by Gasteiger charge is 2.22. The second-order valence-corrected chi connectivity index (χ2v) is 9.96. The highest BCUT2D eigenvalue weighted by Crippen LogP contribution is 2.24. The fourth-order valence-electron chi connectivity index (χ4n) is 3.96. The van der Waals surface area contributed by atoms with Crippen LogP contribution in [0.25, 0.3) is 11.1 Å². The second-order valence-electron chi connectivity index (χ2n) is 8.12. The Labute approximate surface area is 215 Å². The molecule has 1 fully saturated rings. The summed E-state index contributed by atoms with van der Waals surface area (Å²) >= 11 is 4.70. The zero-order valence-electron chi connectivity index (χ0n) is 18.8. The number of nitrogens with zero attached hydrogens (tertiary/aromatic N) is 3. The lowest BCUT2D eigenvalue weighted by Gasteiger charge is -2.36. The predicted molar refractivity (Wildman–Crippen MR) is 142 cm³/mol. The number of anilines is 2. The summed E-state index contributed by atoms with van der Waals surface area (Å²) in [5, 5.41) is 3.40. The standard InChI is InChI=1S/C26H23BrN4O3S/c27-19-5-3-4-18(16-19)25(33)31-14-12-30(13-15-31)21-10-8-20(9-11-21)28-24(32)17-35-26-29-22-6-1-2-7-23(22)34-26/h1-11,16H,12-15,17H2,(H,28,32). The smallest absolute Gasteiger partial charge is 0.257 e. The van der Waals surface area contributed by atoms with Gasteiger partial charge in [-0.1, -0.05) is 45.9 Å². The molecule has 2 heterocycles. The first-order valence-corrected chi connectivity index (χ1v) is 13.0. The largest absolute Gasteiger partial charge is 0.431 e. The molecule has 9 heteroatoms. The average Bonchev–Trinajstić information content (AvgIpc) is 3.31. The molecule has 0 spiro atoms. The van der Waals surface area contributed by atoms with E-state index in [1.165, 1.54) is 11.8 Å². The number of carbonyl (C=O) groups excluding carboxylic acids is 2. The van der Waals surface area contributed by atoms with Crippen LogP contribution >= 0.6 is 27.7 Å². The lowest BCUT2D eigenvalue weighted by atomic mass is 10.1. The molecule has 0 radical (unpaired) electrons. The van der Waals surface area contributed by atoms with Gasteiger partial charge >= 0.3 is 0 Å². The van der Waals surface area contributed by atoms with Gasteiger partial charge in [0, 0.05) is 47.6 Å². The first-order chi connectivity index (χ1) is 17.0. The fraction of sp³-hybridized carbons (Fsp3) is 0.192. The predicted octanol–water partition coefficient (Wildman–Crippen LogP) is 5.28. The fourth-order valence-corrected chi connectivity index (χ4v) is 5.00. The summed E-state index contributed by atoms with van der Waals surface area (Å²) in [6.07, 6.45) is 0. The molecule has 178 valence electrons. The molecule has 1 aromatic heterocycles. The number of rotatable bonds is 6. The summed E-state index contributed by atoms with van der Waals surface area (Å²) in [6.45, 7) is 2.84. The molecule has 7 nitrogen and oxygen atoms in total. The van der Waals surface area contributed by atoms with E-state index in [0.29, 0.717) is 29.5 Å². The Hall–Kier alpha value is -3.30. The van der Waals surface area contributed by atoms with Crippen LogP contribution in [0.2, 0.25) is 0 Å². The van der Waals surface area contributed by atoms with Crippen molar-refractivity contribution in [2.24, 2.45) is 0 Å². The van der Waals surface area contributed by atoms with Crippen molar-refractivity contribution in [3.8, 4) is 0 Å². The van der Waals surface area contributed by atoms with Crippen LogP contribution in [0.4, 0.5) is 11.4 Å². The summed E-state index contributed by atoms with van der Waals surface area (Å²) in [4.78, 5) is 33.7. The number of halogens is 1. The SMILES string of the molecule is O=C(CSc1nc2ccccc2o1)Nc1ccc(N2CCN(C(=O)c3cccc(Br)c3)CC2)cc1. The minimum Gasteiger partial charge on any atom is -0.431 e. The molecule has 0 unspecified atom stereocenters. The van der Waals surface area contributed by atoms with Gasteiger partial charge in [0.15, 0.2) is 5.58 Å². The molecule has 1 saturated heterocycles. The van der Waals surface area contributed by atoms with Crippen LogP contribution in [0.5, 0.6) is 0 Å². The van der Waals surface area contributed by atoms with Gasteiger partial charge in [-0.05, 0) is 54.6 Å². The van der Waals surface area contributed by atoms with Gasteiger partial charge in [-0.15, -0.1) is 0 Å². The molecule has 3 aromatic carbocycles. The molecule has 0 atom stereocenters. The van der Waals surface area contributed by atoms with E-state index < -0.39 is 0 Å². The van der Waals surface area contributed by atoms with Crippen molar-refractivity contribution in [1.29, 1.82) is 0 Å². The van der Waals surface area contributed by atoms with E-state index in [4.69, 9.17) is 4.42 Å². The molecule has 0 bridgehead atoms. The normalized spacial score (nSPS) is 13.7. The van der Waals surface area contributed by atoms with Crippen molar-refractivity contribution in [2.45, 2.75) is 5.22 Å². The van der Waals surface area contributed by atoms with E-state index >= 15 is 0 Å². The Morgan fingerprint density at radius 3 is 2.49 bits per heavy atom. The van der Waals surface area contributed by atoms with Gasteiger partial charge < -0.3 is 19.5 Å². The molecule has 35 heavy (non-hydrogen) atoms. The maximum atomic E-state index is 12.8. The first-order valence-electron chi connectivity index (χ1n) is 11.2. The van der Waals surface area contributed by atoms with Crippen molar-refractivity contribution in [2.75, 3.05) is 42.1 Å². The molecule has 1 aliphatic heterocycles. The number of oxazole rings is 1.